The predicted octanol–water partition coefficient (Wildman–Crippen LogP) is 0.854. The van der Waals surface area contributed by atoms with Crippen LogP contribution in [0.4, 0.5) is 0 Å². The fourth-order valence-electron chi connectivity index (χ4n) is 1.58. The molecule has 2 N–H and O–H groups in total. The van der Waals surface area contributed by atoms with Gasteiger partial charge in [-0.2, -0.15) is 0 Å². The second-order valence-electron chi connectivity index (χ2n) is 3.97. The summed E-state index contributed by atoms with van der Waals surface area (Å²) in [6.45, 7) is 5.12. The van der Waals surface area contributed by atoms with Crippen LogP contribution >= 0.6 is 0 Å². The van der Waals surface area contributed by atoms with Crippen LogP contribution in [0.5, 0.6) is 0 Å². The number of carboxylic acid groups (broad SMARTS) is 1. The highest BCUT2D eigenvalue weighted by molar-refractivity contribution is 5.84. The lowest BCUT2D eigenvalue weighted by molar-refractivity contribution is -0.121. The molecule has 6 heteroatoms. The number of furan rings is 1. The van der Waals surface area contributed by atoms with Gasteiger partial charge < -0.3 is 14.8 Å². The molecule has 0 aromatic carbocycles. The Kier molecular flexibility index (Phi) is 4.91. The number of rotatable bonds is 6. The van der Waals surface area contributed by atoms with E-state index < -0.39 is 5.97 Å². The van der Waals surface area contributed by atoms with Crippen molar-refractivity contribution in [2.45, 2.75) is 20.4 Å². The summed E-state index contributed by atoms with van der Waals surface area (Å²) in [6.07, 6.45) is 0. The van der Waals surface area contributed by atoms with Gasteiger partial charge in [-0.05, 0) is 19.5 Å². The molecule has 0 fully saturated rings. The van der Waals surface area contributed by atoms with Gasteiger partial charge in [0, 0.05) is 19.2 Å². The summed E-state index contributed by atoms with van der Waals surface area (Å²) in [5, 5.41) is 11.4. The van der Waals surface area contributed by atoms with Crippen LogP contribution in [-0.4, -0.2) is 42.0 Å². The van der Waals surface area contributed by atoms with Gasteiger partial charge in [-0.1, -0.05) is 6.92 Å². The van der Waals surface area contributed by atoms with Crippen LogP contribution in [0.3, 0.4) is 0 Å². The Morgan fingerprint density at radius 1 is 1.50 bits per heavy atom. The van der Waals surface area contributed by atoms with Gasteiger partial charge in [0.05, 0.1) is 6.54 Å². The minimum absolute atomic E-state index is 0.0708. The molecule has 0 spiro atoms. The lowest BCUT2D eigenvalue weighted by Crippen LogP contribution is -2.35. The SMILES string of the molecule is CCN(CC(=O)NC)Cc1cc(C(=O)O)oc1C. The molecule has 1 aromatic rings. The molecule has 0 atom stereocenters. The molecular weight excluding hydrogens is 236 g/mol. The van der Waals surface area contributed by atoms with Crippen LogP contribution in [0.25, 0.3) is 0 Å². The largest absolute Gasteiger partial charge is 0.475 e. The van der Waals surface area contributed by atoms with E-state index in [4.69, 9.17) is 9.52 Å². The van der Waals surface area contributed by atoms with Gasteiger partial charge in [-0.15, -0.1) is 0 Å². The van der Waals surface area contributed by atoms with E-state index in [1.54, 1.807) is 14.0 Å². The van der Waals surface area contributed by atoms with Crippen molar-refractivity contribution >= 4 is 11.9 Å². The number of carbonyl (C=O) groups is 2. The van der Waals surface area contributed by atoms with Gasteiger partial charge in [0.25, 0.3) is 0 Å². The molecule has 1 rings (SSSR count). The van der Waals surface area contributed by atoms with E-state index in [2.05, 4.69) is 5.32 Å². The fourth-order valence-corrected chi connectivity index (χ4v) is 1.58. The van der Waals surface area contributed by atoms with Crippen molar-refractivity contribution in [2.75, 3.05) is 20.1 Å². The second kappa shape index (κ2) is 6.20. The van der Waals surface area contributed by atoms with Crippen molar-refractivity contribution < 1.29 is 19.1 Å². The number of aryl methyl sites for hydroxylation is 1. The average Bonchev–Trinajstić information content (AvgIpc) is 2.70. The maximum atomic E-state index is 11.3. The zero-order chi connectivity index (χ0) is 13.7. The van der Waals surface area contributed by atoms with Crippen molar-refractivity contribution in [3.8, 4) is 0 Å². The molecule has 0 bridgehead atoms. The Morgan fingerprint density at radius 3 is 2.61 bits per heavy atom. The summed E-state index contributed by atoms with van der Waals surface area (Å²) in [6, 6.07) is 1.50. The topological polar surface area (TPSA) is 82.8 Å². The van der Waals surface area contributed by atoms with Crippen molar-refractivity contribution in [1.82, 2.24) is 10.2 Å². The molecule has 1 amide bonds. The quantitative estimate of drug-likeness (QED) is 0.786. The number of carbonyl (C=O) groups excluding carboxylic acids is 1. The maximum absolute atomic E-state index is 11.3. The van der Waals surface area contributed by atoms with Crippen LogP contribution in [0.2, 0.25) is 0 Å². The van der Waals surface area contributed by atoms with Crippen molar-refractivity contribution in [2.24, 2.45) is 0 Å². The van der Waals surface area contributed by atoms with E-state index in [9.17, 15) is 9.59 Å². The minimum atomic E-state index is -1.08. The fraction of sp³-hybridized carbons (Fsp3) is 0.500. The summed E-state index contributed by atoms with van der Waals surface area (Å²) in [5.74, 6) is -0.656. The monoisotopic (exact) mass is 254 g/mol. The summed E-state index contributed by atoms with van der Waals surface area (Å²) < 4.78 is 5.13. The maximum Gasteiger partial charge on any atom is 0.371 e. The third-order valence-electron chi connectivity index (χ3n) is 2.72. The van der Waals surface area contributed by atoms with Gasteiger partial charge >= 0.3 is 5.97 Å². The van der Waals surface area contributed by atoms with E-state index >= 15 is 0 Å². The zero-order valence-corrected chi connectivity index (χ0v) is 10.8. The molecule has 100 valence electrons. The third kappa shape index (κ3) is 3.59. The lowest BCUT2D eigenvalue weighted by Gasteiger charge is -2.18. The Morgan fingerprint density at radius 2 is 2.17 bits per heavy atom. The van der Waals surface area contributed by atoms with Gasteiger partial charge in [0.2, 0.25) is 11.7 Å². The Hall–Kier alpha value is -1.82. The molecule has 0 radical (unpaired) electrons. The number of carboxylic acids is 1. The first kappa shape index (κ1) is 14.2. The number of nitrogens with zero attached hydrogens (tertiary/aromatic N) is 1. The van der Waals surface area contributed by atoms with Crippen molar-refractivity contribution in [3.63, 3.8) is 0 Å². The highest BCUT2D eigenvalue weighted by Crippen LogP contribution is 2.16. The first-order chi connectivity index (χ1) is 8.47. The van der Waals surface area contributed by atoms with E-state index in [0.717, 1.165) is 5.56 Å². The Bertz CT molecular complexity index is 439. The summed E-state index contributed by atoms with van der Waals surface area (Å²) in [5.41, 5.74) is 0.790. The smallest absolute Gasteiger partial charge is 0.371 e. The van der Waals surface area contributed by atoms with Crippen molar-refractivity contribution in [1.29, 1.82) is 0 Å². The minimum Gasteiger partial charge on any atom is -0.475 e. The first-order valence-electron chi connectivity index (χ1n) is 5.73. The average molecular weight is 254 g/mol. The molecule has 6 nitrogen and oxygen atoms in total. The van der Waals surface area contributed by atoms with Crippen LogP contribution in [-0.2, 0) is 11.3 Å². The highest BCUT2D eigenvalue weighted by atomic mass is 16.4. The summed E-state index contributed by atoms with van der Waals surface area (Å²) in [4.78, 5) is 24.0. The van der Waals surface area contributed by atoms with Gasteiger partial charge in [-0.3, -0.25) is 9.69 Å². The van der Waals surface area contributed by atoms with Gasteiger partial charge in [0.15, 0.2) is 0 Å². The van der Waals surface area contributed by atoms with Gasteiger partial charge in [0.1, 0.15) is 5.76 Å². The molecule has 0 aliphatic carbocycles. The number of nitrogens with one attached hydrogen (secondary N) is 1. The van der Waals surface area contributed by atoms with Crippen LogP contribution in [0.1, 0.15) is 28.8 Å². The zero-order valence-electron chi connectivity index (χ0n) is 10.8. The molecule has 1 heterocycles. The number of hydrogen-bond donors (Lipinski definition) is 2. The second-order valence-corrected chi connectivity index (χ2v) is 3.97. The highest BCUT2D eigenvalue weighted by Gasteiger charge is 2.16. The number of aromatic carboxylic acids is 1. The van der Waals surface area contributed by atoms with Gasteiger partial charge in [-0.25, -0.2) is 4.79 Å². The molecular formula is C12H18N2O4. The normalized spacial score (nSPS) is 10.7. The molecule has 0 saturated carbocycles. The van der Waals surface area contributed by atoms with Crippen molar-refractivity contribution in [3.05, 3.63) is 23.2 Å². The summed E-state index contributed by atoms with van der Waals surface area (Å²) in [7, 11) is 1.59. The van der Waals surface area contributed by atoms with E-state index in [-0.39, 0.29) is 18.2 Å². The van der Waals surface area contributed by atoms with Crippen LogP contribution < -0.4 is 5.32 Å². The van der Waals surface area contributed by atoms with Crippen LogP contribution in [0.15, 0.2) is 10.5 Å². The molecule has 0 unspecified atom stereocenters. The predicted molar refractivity (Wildman–Crippen MR) is 65.4 cm³/mol. The number of amides is 1. The van der Waals surface area contributed by atoms with E-state index in [0.29, 0.717) is 18.8 Å². The number of hydrogen-bond acceptors (Lipinski definition) is 4. The Labute approximate surface area is 106 Å². The van der Waals surface area contributed by atoms with E-state index in [1.807, 2.05) is 11.8 Å². The summed E-state index contributed by atoms with van der Waals surface area (Å²) >= 11 is 0. The van der Waals surface area contributed by atoms with E-state index in [1.165, 1.54) is 6.07 Å². The Balaban J connectivity index is 2.75. The molecule has 0 aliphatic heterocycles. The lowest BCUT2D eigenvalue weighted by atomic mass is 10.2. The molecule has 1 aromatic heterocycles. The standard InChI is InChI=1S/C12H18N2O4/c1-4-14(7-11(15)13-3)6-9-5-10(12(16)17)18-8(9)2/h5H,4,6-7H2,1-3H3,(H,13,15)(H,16,17). The number of likely N-dealkylation sites (N-methyl/N-ethyl adjacent to an activating group) is 2. The molecule has 0 saturated heterocycles. The first-order valence-corrected chi connectivity index (χ1v) is 5.73. The molecule has 0 aliphatic rings. The van der Waals surface area contributed by atoms with Crippen LogP contribution in [0, 0.1) is 6.92 Å². The third-order valence-corrected chi connectivity index (χ3v) is 2.72. The molecule has 18 heavy (non-hydrogen) atoms.